The number of ether oxygens (including phenoxy) is 1. The number of hydrogen-bond donors (Lipinski definition) is 3. The number of carbonyl (C=O) groups is 1. The summed E-state index contributed by atoms with van der Waals surface area (Å²) in [6.07, 6.45) is 10.5. The lowest BCUT2D eigenvalue weighted by atomic mass is 9.56. The molecule has 5 heteroatoms. The van der Waals surface area contributed by atoms with E-state index in [0.717, 1.165) is 19.3 Å². The van der Waals surface area contributed by atoms with Crippen LogP contribution in [0.4, 0.5) is 0 Å². The van der Waals surface area contributed by atoms with Crippen LogP contribution in [-0.2, 0) is 9.53 Å². The van der Waals surface area contributed by atoms with Gasteiger partial charge in [0.15, 0.2) is 0 Å². The zero-order valence-corrected chi connectivity index (χ0v) is 16.2. The molecule has 1 saturated heterocycles. The molecule has 27 heavy (non-hydrogen) atoms. The predicted octanol–water partition coefficient (Wildman–Crippen LogP) is 2.85. The maximum absolute atomic E-state index is 12.1. The molecule has 4 rings (SSSR count). The third kappa shape index (κ3) is 3.58. The molecule has 3 aliphatic carbocycles. The molecule has 0 aromatic heterocycles. The monoisotopic (exact) mass is 378 g/mol. The molecule has 4 aliphatic rings. The van der Waals surface area contributed by atoms with Gasteiger partial charge in [-0.2, -0.15) is 0 Å². The first-order valence-electron chi connectivity index (χ1n) is 10.8. The molecule has 0 aromatic rings. The van der Waals surface area contributed by atoms with Crippen LogP contribution in [0.15, 0.2) is 12.2 Å². The summed E-state index contributed by atoms with van der Waals surface area (Å²) < 4.78 is 6.56. The summed E-state index contributed by atoms with van der Waals surface area (Å²) in [7, 11) is 0. The molecule has 10 atom stereocenters. The van der Waals surface area contributed by atoms with Crippen molar-refractivity contribution in [2.45, 2.75) is 70.2 Å². The first-order chi connectivity index (χ1) is 13.0. The highest BCUT2D eigenvalue weighted by atomic mass is 16.5. The fraction of sp³-hybridized carbons (Fsp3) is 0.864. The number of fused-ring (bicyclic) bond motifs is 2. The highest BCUT2D eigenvalue weighted by Crippen LogP contribution is 2.54. The third-order valence-electron chi connectivity index (χ3n) is 7.94. The lowest BCUT2D eigenvalue weighted by molar-refractivity contribution is -0.209. The SMILES string of the molecule is C[C@H]1CCCC2C(C3C=CC(CO)CC3C(=O)O)C3CCC(O)CC3OC21. The molecule has 0 radical (unpaired) electrons. The second-order valence-corrected chi connectivity index (χ2v) is 9.50. The summed E-state index contributed by atoms with van der Waals surface area (Å²) in [4.78, 5) is 12.1. The predicted molar refractivity (Wildman–Crippen MR) is 101 cm³/mol. The minimum absolute atomic E-state index is 0.00902. The second kappa shape index (κ2) is 7.84. The molecular weight excluding hydrogens is 344 g/mol. The third-order valence-corrected chi connectivity index (χ3v) is 7.94. The number of aliphatic hydroxyl groups excluding tert-OH is 2. The Hall–Kier alpha value is -0.910. The number of aliphatic carboxylic acids is 1. The maximum Gasteiger partial charge on any atom is 0.307 e. The van der Waals surface area contributed by atoms with Crippen LogP contribution in [-0.4, -0.2) is 46.2 Å². The smallest absolute Gasteiger partial charge is 0.307 e. The van der Waals surface area contributed by atoms with Crippen LogP contribution >= 0.6 is 0 Å². The minimum Gasteiger partial charge on any atom is -0.481 e. The van der Waals surface area contributed by atoms with E-state index in [-0.39, 0.29) is 36.8 Å². The number of allylic oxidation sites excluding steroid dienone is 1. The van der Waals surface area contributed by atoms with Gasteiger partial charge in [-0.05, 0) is 68.1 Å². The largest absolute Gasteiger partial charge is 0.481 e. The van der Waals surface area contributed by atoms with Crippen LogP contribution in [0, 0.1) is 41.4 Å². The molecule has 5 nitrogen and oxygen atoms in total. The van der Waals surface area contributed by atoms with Gasteiger partial charge in [0.25, 0.3) is 0 Å². The zero-order valence-electron chi connectivity index (χ0n) is 16.2. The Kier molecular flexibility index (Phi) is 5.64. The van der Waals surface area contributed by atoms with Crippen molar-refractivity contribution in [2.24, 2.45) is 41.4 Å². The van der Waals surface area contributed by atoms with Gasteiger partial charge in [-0.15, -0.1) is 0 Å². The van der Waals surface area contributed by atoms with Crippen molar-refractivity contribution >= 4 is 5.97 Å². The van der Waals surface area contributed by atoms with E-state index in [2.05, 4.69) is 13.0 Å². The van der Waals surface area contributed by atoms with Gasteiger partial charge < -0.3 is 20.1 Å². The summed E-state index contributed by atoms with van der Waals surface area (Å²) in [5, 5.41) is 29.7. The first kappa shape index (κ1) is 19.4. The van der Waals surface area contributed by atoms with Crippen molar-refractivity contribution < 1.29 is 24.9 Å². The van der Waals surface area contributed by atoms with Gasteiger partial charge in [-0.25, -0.2) is 0 Å². The van der Waals surface area contributed by atoms with Gasteiger partial charge in [0.2, 0.25) is 0 Å². The van der Waals surface area contributed by atoms with E-state index >= 15 is 0 Å². The van der Waals surface area contributed by atoms with E-state index in [1.807, 2.05) is 6.08 Å². The van der Waals surface area contributed by atoms with Gasteiger partial charge in [0.05, 0.1) is 24.2 Å². The summed E-state index contributed by atoms with van der Waals surface area (Å²) in [5.74, 6) is 0.340. The van der Waals surface area contributed by atoms with Crippen LogP contribution in [0.2, 0.25) is 0 Å². The van der Waals surface area contributed by atoms with E-state index < -0.39 is 11.9 Å². The van der Waals surface area contributed by atoms with Crippen molar-refractivity contribution in [1.29, 1.82) is 0 Å². The molecule has 3 N–H and O–H groups in total. The van der Waals surface area contributed by atoms with Crippen molar-refractivity contribution in [1.82, 2.24) is 0 Å². The summed E-state index contributed by atoms with van der Waals surface area (Å²) in [5.41, 5.74) is 0. The molecule has 0 spiro atoms. The fourth-order valence-corrected chi connectivity index (χ4v) is 6.67. The lowest BCUT2D eigenvalue weighted by Gasteiger charge is -2.56. The molecule has 3 fully saturated rings. The van der Waals surface area contributed by atoms with Gasteiger partial charge >= 0.3 is 5.97 Å². The van der Waals surface area contributed by atoms with Crippen molar-refractivity contribution in [3.63, 3.8) is 0 Å². The zero-order chi connectivity index (χ0) is 19.1. The fourth-order valence-electron chi connectivity index (χ4n) is 6.67. The Labute approximate surface area is 161 Å². The number of aliphatic hydroxyl groups is 2. The van der Waals surface area contributed by atoms with E-state index in [0.29, 0.717) is 36.5 Å². The number of carboxylic acids is 1. The first-order valence-corrected chi connectivity index (χ1v) is 10.8. The van der Waals surface area contributed by atoms with Crippen molar-refractivity contribution in [3.8, 4) is 0 Å². The summed E-state index contributed by atoms with van der Waals surface area (Å²) in [6.45, 7) is 2.28. The molecule has 152 valence electrons. The van der Waals surface area contributed by atoms with Crippen molar-refractivity contribution in [2.75, 3.05) is 6.61 Å². The Morgan fingerprint density at radius 2 is 1.93 bits per heavy atom. The highest BCUT2D eigenvalue weighted by molar-refractivity contribution is 5.71. The Bertz CT molecular complexity index is 575. The highest BCUT2D eigenvalue weighted by Gasteiger charge is 2.54. The van der Waals surface area contributed by atoms with Crippen LogP contribution < -0.4 is 0 Å². The van der Waals surface area contributed by atoms with Gasteiger partial charge in [-0.3, -0.25) is 4.79 Å². The molecule has 0 amide bonds. The average molecular weight is 379 g/mol. The number of rotatable bonds is 3. The molecular formula is C22H34O5. The Morgan fingerprint density at radius 1 is 1.11 bits per heavy atom. The quantitative estimate of drug-likeness (QED) is 0.658. The molecule has 0 aromatic carbocycles. The molecule has 9 unspecified atom stereocenters. The van der Waals surface area contributed by atoms with E-state index in [4.69, 9.17) is 4.74 Å². The van der Waals surface area contributed by atoms with E-state index in [1.165, 1.54) is 12.8 Å². The van der Waals surface area contributed by atoms with Crippen LogP contribution in [0.5, 0.6) is 0 Å². The molecule has 1 aliphatic heterocycles. The van der Waals surface area contributed by atoms with Gasteiger partial charge in [0, 0.05) is 12.5 Å². The van der Waals surface area contributed by atoms with Gasteiger partial charge in [-0.1, -0.05) is 25.5 Å². The summed E-state index contributed by atoms with van der Waals surface area (Å²) >= 11 is 0. The van der Waals surface area contributed by atoms with Crippen LogP contribution in [0.25, 0.3) is 0 Å². The molecule has 0 bridgehead atoms. The minimum atomic E-state index is -0.734. The standard InChI is InChI=1S/C22H34O5/c1-12-3-2-4-17-20(15-7-5-13(11-23)9-18(15)22(25)26)16-8-6-14(24)10-19(16)27-21(12)17/h5,7,12-21,23-24H,2-4,6,8-11H2,1H3,(H,25,26)/t12-,13?,14?,15?,16?,17?,18?,19?,20?,21?/m0/s1. The average Bonchev–Trinajstić information content (AvgIpc) is 2.66. The van der Waals surface area contributed by atoms with Crippen molar-refractivity contribution in [3.05, 3.63) is 12.2 Å². The summed E-state index contributed by atoms with van der Waals surface area (Å²) in [6, 6.07) is 0. The number of hydrogen-bond acceptors (Lipinski definition) is 4. The maximum atomic E-state index is 12.1. The lowest BCUT2D eigenvalue weighted by Crippen LogP contribution is -2.57. The Balaban J connectivity index is 1.68. The van der Waals surface area contributed by atoms with E-state index in [9.17, 15) is 20.1 Å². The molecule has 2 saturated carbocycles. The normalized spacial score (nSPS) is 49.9. The Morgan fingerprint density at radius 3 is 2.67 bits per heavy atom. The topological polar surface area (TPSA) is 87.0 Å². The number of carboxylic acid groups (broad SMARTS) is 1. The van der Waals surface area contributed by atoms with E-state index in [1.54, 1.807) is 0 Å². The molecule has 1 heterocycles. The second-order valence-electron chi connectivity index (χ2n) is 9.50. The van der Waals surface area contributed by atoms with Crippen LogP contribution in [0.1, 0.15) is 51.9 Å². The van der Waals surface area contributed by atoms with Crippen LogP contribution in [0.3, 0.4) is 0 Å². The van der Waals surface area contributed by atoms with Gasteiger partial charge in [0.1, 0.15) is 0 Å².